The molecule has 1 N–H and O–H groups in total. The van der Waals surface area contributed by atoms with Crippen molar-refractivity contribution in [3.63, 3.8) is 0 Å². The van der Waals surface area contributed by atoms with Gasteiger partial charge in [-0.15, -0.1) is 10.2 Å². The highest BCUT2D eigenvalue weighted by Gasteiger charge is 2.10. The van der Waals surface area contributed by atoms with Gasteiger partial charge < -0.3 is 5.32 Å². The van der Waals surface area contributed by atoms with Crippen LogP contribution < -0.4 is 5.32 Å². The first-order valence-electron chi connectivity index (χ1n) is 6.12. The molecule has 0 bridgehead atoms. The van der Waals surface area contributed by atoms with E-state index in [2.05, 4.69) is 29.4 Å². The van der Waals surface area contributed by atoms with Gasteiger partial charge in [0.1, 0.15) is 0 Å². The maximum Gasteiger partial charge on any atom is 0.174 e. The van der Waals surface area contributed by atoms with Crippen molar-refractivity contribution in [3.05, 3.63) is 16.4 Å². The fraction of sp³-hybridized carbons (Fsp3) is 0.667. The fourth-order valence-corrected chi connectivity index (χ4v) is 2.06. The third-order valence-corrected chi connectivity index (χ3v) is 3.09. The summed E-state index contributed by atoms with van der Waals surface area (Å²) in [7, 11) is 0. The van der Waals surface area contributed by atoms with Crippen LogP contribution in [0.5, 0.6) is 0 Å². The van der Waals surface area contributed by atoms with Crippen LogP contribution in [0.1, 0.15) is 46.0 Å². The van der Waals surface area contributed by atoms with Gasteiger partial charge in [0.2, 0.25) is 0 Å². The minimum atomic E-state index is 0.364. The normalized spacial score (nSPS) is 12.5. The average molecular weight is 276 g/mol. The second-order valence-corrected chi connectivity index (χ2v) is 4.89. The maximum atomic E-state index is 5.98. The van der Waals surface area contributed by atoms with Gasteiger partial charge in [0.15, 0.2) is 10.3 Å². The molecule has 17 heavy (non-hydrogen) atoms. The zero-order valence-electron chi connectivity index (χ0n) is 10.3. The SMILES string of the molecule is CCCCC(CCC)Nc1cc(Cl)nnc1Cl. The van der Waals surface area contributed by atoms with Crippen molar-refractivity contribution < 1.29 is 0 Å². The van der Waals surface area contributed by atoms with Gasteiger partial charge in [0.05, 0.1) is 5.69 Å². The highest BCUT2D eigenvalue weighted by Crippen LogP contribution is 2.23. The lowest BCUT2D eigenvalue weighted by atomic mass is 10.1. The van der Waals surface area contributed by atoms with E-state index in [1.165, 1.54) is 12.8 Å². The van der Waals surface area contributed by atoms with Gasteiger partial charge in [-0.05, 0) is 12.8 Å². The maximum absolute atomic E-state index is 5.98. The number of rotatable bonds is 7. The van der Waals surface area contributed by atoms with Crippen LogP contribution in [0.4, 0.5) is 5.69 Å². The third kappa shape index (κ3) is 5.09. The summed E-state index contributed by atoms with van der Waals surface area (Å²) >= 11 is 11.8. The lowest BCUT2D eigenvalue weighted by Gasteiger charge is -2.19. The van der Waals surface area contributed by atoms with Gasteiger partial charge in [-0.1, -0.05) is 56.3 Å². The number of anilines is 1. The van der Waals surface area contributed by atoms with E-state index in [1.54, 1.807) is 6.07 Å². The molecule has 0 fully saturated rings. The highest BCUT2D eigenvalue weighted by atomic mass is 35.5. The van der Waals surface area contributed by atoms with Gasteiger partial charge in [0, 0.05) is 12.1 Å². The van der Waals surface area contributed by atoms with Crippen LogP contribution in [0, 0.1) is 0 Å². The molecule has 1 atom stereocenters. The van der Waals surface area contributed by atoms with Crippen LogP contribution in [0.3, 0.4) is 0 Å². The minimum absolute atomic E-state index is 0.364. The Bertz CT molecular complexity index is 345. The smallest absolute Gasteiger partial charge is 0.174 e. The summed E-state index contributed by atoms with van der Waals surface area (Å²) in [5, 5.41) is 11.6. The van der Waals surface area contributed by atoms with Gasteiger partial charge in [-0.25, -0.2) is 0 Å². The van der Waals surface area contributed by atoms with E-state index < -0.39 is 0 Å². The summed E-state index contributed by atoms with van der Waals surface area (Å²) < 4.78 is 0. The van der Waals surface area contributed by atoms with E-state index in [-0.39, 0.29) is 0 Å². The van der Waals surface area contributed by atoms with E-state index in [0.717, 1.165) is 24.9 Å². The number of hydrogen-bond acceptors (Lipinski definition) is 3. The lowest BCUT2D eigenvalue weighted by molar-refractivity contribution is 0.564. The summed E-state index contributed by atoms with van der Waals surface area (Å²) in [4.78, 5) is 0. The number of unbranched alkanes of at least 4 members (excludes halogenated alkanes) is 1. The van der Waals surface area contributed by atoms with Crippen molar-refractivity contribution in [2.75, 3.05) is 5.32 Å². The van der Waals surface area contributed by atoms with Crippen LogP contribution >= 0.6 is 23.2 Å². The van der Waals surface area contributed by atoms with Crippen molar-refractivity contribution >= 4 is 28.9 Å². The topological polar surface area (TPSA) is 37.8 Å². The molecule has 1 aromatic rings. The quantitative estimate of drug-likeness (QED) is 0.793. The molecule has 0 spiro atoms. The first-order chi connectivity index (χ1) is 8.17. The first-order valence-corrected chi connectivity index (χ1v) is 6.88. The summed E-state index contributed by atoms with van der Waals surface area (Å²) in [6.07, 6.45) is 5.81. The molecule has 1 aromatic heterocycles. The Balaban J connectivity index is 2.67. The Labute approximate surface area is 113 Å². The zero-order chi connectivity index (χ0) is 12.7. The molecular formula is C12H19Cl2N3. The van der Waals surface area contributed by atoms with E-state index in [4.69, 9.17) is 23.2 Å². The molecule has 1 unspecified atom stereocenters. The van der Waals surface area contributed by atoms with Crippen LogP contribution in [0.25, 0.3) is 0 Å². The monoisotopic (exact) mass is 275 g/mol. The van der Waals surface area contributed by atoms with Gasteiger partial charge in [0.25, 0.3) is 0 Å². The minimum Gasteiger partial charge on any atom is -0.380 e. The molecule has 5 heteroatoms. The summed E-state index contributed by atoms with van der Waals surface area (Å²) in [6, 6.07) is 2.16. The van der Waals surface area contributed by atoms with Crippen molar-refractivity contribution in [3.8, 4) is 0 Å². The highest BCUT2D eigenvalue weighted by molar-refractivity contribution is 6.33. The number of hydrogen-bond donors (Lipinski definition) is 1. The number of halogens is 2. The van der Waals surface area contributed by atoms with Crippen molar-refractivity contribution in [2.24, 2.45) is 0 Å². The Hall–Kier alpha value is -0.540. The van der Waals surface area contributed by atoms with Gasteiger partial charge >= 0.3 is 0 Å². The van der Waals surface area contributed by atoms with E-state index in [0.29, 0.717) is 16.3 Å². The standard InChI is InChI=1S/C12H19Cl2N3/c1-3-5-7-9(6-4-2)15-10-8-11(13)16-17-12(10)14/h8-9H,3-7H2,1-2H3,(H,15,16). The molecule has 1 rings (SSSR count). The fourth-order valence-electron chi connectivity index (χ4n) is 1.76. The largest absolute Gasteiger partial charge is 0.380 e. The summed E-state index contributed by atoms with van der Waals surface area (Å²) in [5.74, 6) is 0. The van der Waals surface area contributed by atoms with Crippen LogP contribution in [0.2, 0.25) is 10.3 Å². The van der Waals surface area contributed by atoms with E-state index in [9.17, 15) is 0 Å². The van der Waals surface area contributed by atoms with Crippen LogP contribution in [-0.4, -0.2) is 16.2 Å². The molecule has 0 aliphatic carbocycles. The molecule has 0 saturated carbocycles. The zero-order valence-corrected chi connectivity index (χ0v) is 11.9. The molecule has 0 saturated heterocycles. The van der Waals surface area contributed by atoms with Crippen LogP contribution in [-0.2, 0) is 0 Å². The molecule has 1 heterocycles. The Morgan fingerprint density at radius 3 is 2.59 bits per heavy atom. The van der Waals surface area contributed by atoms with Crippen molar-refractivity contribution in [1.82, 2.24) is 10.2 Å². The molecule has 96 valence electrons. The number of nitrogens with zero attached hydrogens (tertiary/aromatic N) is 2. The summed E-state index contributed by atoms with van der Waals surface area (Å²) in [5.41, 5.74) is 0.779. The molecule has 0 amide bonds. The lowest BCUT2D eigenvalue weighted by Crippen LogP contribution is -2.19. The number of aromatic nitrogens is 2. The number of nitrogens with one attached hydrogen (secondary N) is 1. The van der Waals surface area contributed by atoms with Crippen molar-refractivity contribution in [2.45, 2.75) is 52.0 Å². The van der Waals surface area contributed by atoms with Gasteiger partial charge in [-0.2, -0.15) is 0 Å². The average Bonchev–Trinajstić information content (AvgIpc) is 2.31. The van der Waals surface area contributed by atoms with Crippen molar-refractivity contribution in [1.29, 1.82) is 0 Å². The third-order valence-electron chi connectivity index (χ3n) is 2.62. The molecule has 0 radical (unpaired) electrons. The Morgan fingerprint density at radius 2 is 1.94 bits per heavy atom. The predicted octanol–water partition coefficient (Wildman–Crippen LogP) is 4.55. The molecule has 3 nitrogen and oxygen atoms in total. The summed E-state index contributed by atoms with van der Waals surface area (Å²) in [6.45, 7) is 4.38. The first kappa shape index (κ1) is 14.5. The van der Waals surface area contributed by atoms with E-state index in [1.807, 2.05) is 0 Å². The van der Waals surface area contributed by atoms with Crippen LogP contribution in [0.15, 0.2) is 6.07 Å². The van der Waals surface area contributed by atoms with E-state index >= 15 is 0 Å². The molecular weight excluding hydrogens is 257 g/mol. The van der Waals surface area contributed by atoms with Gasteiger partial charge in [-0.3, -0.25) is 0 Å². The Morgan fingerprint density at radius 1 is 1.18 bits per heavy atom. The molecule has 0 aliphatic rings. The molecule has 0 aromatic carbocycles. The second kappa shape index (κ2) is 7.72. The molecule has 0 aliphatic heterocycles. The predicted molar refractivity (Wildman–Crippen MR) is 73.9 cm³/mol. The second-order valence-electron chi connectivity index (χ2n) is 4.14. The Kier molecular flexibility index (Phi) is 6.60.